The lowest BCUT2D eigenvalue weighted by molar-refractivity contribution is 0.168. The molecule has 122 valence electrons. The molecule has 0 aliphatic carbocycles. The first-order valence-corrected chi connectivity index (χ1v) is 7.09. The van der Waals surface area contributed by atoms with Crippen LogP contribution in [0.2, 0.25) is 0 Å². The zero-order chi connectivity index (χ0) is 17.1. The average molecular weight is 327 g/mol. The Hall–Kier alpha value is -3.42. The molecular weight excluding hydrogens is 314 g/mol. The maximum Gasteiger partial charge on any atom is 0.411 e. The summed E-state index contributed by atoms with van der Waals surface area (Å²) in [6.45, 7) is 1.89. The summed E-state index contributed by atoms with van der Waals surface area (Å²) in [6.07, 6.45) is 1.96. The first-order chi connectivity index (χ1) is 11.6. The van der Waals surface area contributed by atoms with Crippen molar-refractivity contribution in [2.45, 2.75) is 6.92 Å². The Morgan fingerprint density at radius 1 is 1.38 bits per heavy atom. The number of hydrogen-bond acceptors (Lipinski definition) is 7. The van der Waals surface area contributed by atoms with Crippen LogP contribution >= 0.6 is 0 Å². The van der Waals surface area contributed by atoms with Gasteiger partial charge in [-0.3, -0.25) is 10.1 Å². The number of anilines is 1. The molecule has 1 amide bonds. The number of hydrogen-bond donors (Lipinski definition) is 2. The second kappa shape index (κ2) is 6.37. The van der Waals surface area contributed by atoms with Gasteiger partial charge < -0.3 is 14.3 Å². The summed E-state index contributed by atoms with van der Waals surface area (Å²) in [4.78, 5) is 31.5. The van der Waals surface area contributed by atoms with E-state index >= 15 is 0 Å². The average Bonchev–Trinajstić information content (AvgIpc) is 2.56. The fourth-order valence-electron chi connectivity index (χ4n) is 2.15. The molecule has 0 saturated heterocycles. The number of nitrogens with zero attached hydrogens (tertiary/aromatic N) is 2. The Morgan fingerprint density at radius 2 is 2.21 bits per heavy atom. The number of ether oxygens (including phenoxy) is 1. The van der Waals surface area contributed by atoms with Gasteiger partial charge in [-0.25, -0.2) is 14.8 Å². The summed E-state index contributed by atoms with van der Waals surface area (Å²) in [5.74, 6) is 0.0961. The Kier molecular flexibility index (Phi) is 4.11. The summed E-state index contributed by atoms with van der Waals surface area (Å²) in [5.41, 5.74) is 0.415. The number of phenolic OH excluding ortho intramolecular Hbond substituents is 1. The topological polar surface area (TPSA) is 115 Å². The van der Waals surface area contributed by atoms with Crippen LogP contribution < -0.4 is 10.7 Å². The molecule has 0 unspecified atom stereocenters. The minimum absolute atomic E-state index is 0.0511. The van der Waals surface area contributed by atoms with Gasteiger partial charge in [-0.15, -0.1) is 0 Å². The number of aromatic nitrogens is 2. The normalized spacial score (nSPS) is 10.5. The van der Waals surface area contributed by atoms with Gasteiger partial charge in [0.15, 0.2) is 5.43 Å². The van der Waals surface area contributed by atoms with Crippen LogP contribution in [-0.2, 0) is 4.74 Å². The Balaban J connectivity index is 2.13. The molecule has 2 aromatic heterocycles. The highest BCUT2D eigenvalue weighted by Gasteiger charge is 2.14. The molecule has 0 fully saturated rings. The Labute approximate surface area is 135 Å². The van der Waals surface area contributed by atoms with Crippen molar-refractivity contribution in [3.63, 3.8) is 0 Å². The van der Waals surface area contributed by atoms with Crippen molar-refractivity contribution in [3.8, 4) is 17.1 Å². The molecule has 8 heteroatoms. The highest BCUT2D eigenvalue weighted by atomic mass is 16.5. The van der Waals surface area contributed by atoms with E-state index in [9.17, 15) is 14.7 Å². The van der Waals surface area contributed by atoms with Gasteiger partial charge in [0.2, 0.25) is 5.71 Å². The standard InChI is InChI=1S/C16H13N3O5/c1-2-23-16(22)19-12-4-3-9(20)5-10(12)14-6-13(21)11-7-17-8-18-15(11)24-14/h3-8,20H,2H2,1H3,(H,19,22). The van der Waals surface area contributed by atoms with Crippen LogP contribution in [0.3, 0.4) is 0 Å². The lowest BCUT2D eigenvalue weighted by Crippen LogP contribution is -2.14. The van der Waals surface area contributed by atoms with Crippen molar-refractivity contribution < 1.29 is 19.1 Å². The highest BCUT2D eigenvalue weighted by Crippen LogP contribution is 2.32. The zero-order valence-electron chi connectivity index (χ0n) is 12.6. The van der Waals surface area contributed by atoms with E-state index < -0.39 is 6.09 Å². The number of rotatable bonds is 3. The van der Waals surface area contributed by atoms with E-state index in [4.69, 9.17) is 9.15 Å². The summed E-state index contributed by atoms with van der Waals surface area (Å²) in [7, 11) is 0. The van der Waals surface area contributed by atoms with Crippen LogP contribution in [0.1, 0.15) is 6.92 Å². The first-order valence-electron chi connectivity index (χ1n) is 7.09. The van der Waals surface area contributed by atoms with Gasteiger partial charge >= 0.3 is 6.09 Å². The van der Waals surface area contributed by atoms with Crippen molar-refractivity contribution in [3.05, 3.63) is 47.0 Å². The van der Waals surface area contributed by atoms with Crippen LogP contribution in [0, 0.1) is 0 Å². The van der Waals surface area contributed by atoms with Crippen molar-refractivity contribution in [1.29, 1.82) is 0 Å². The Morgan fingerprint density at radius 3 is 3.00 bits per heavy atom. The molecule has 1 aromatic carbocycles. The predicted octanol–water partition coefficient (Wildman–Crippen LogP) is 2.52. The maximum atomic E-state index is 12.2. The lowest BCUT2D eigenvalue weighted by atomic mass is 10.1. The van der Waals surface area contributed by atoms with Crippen LogP contribution in [0.15, 0.2) is 46.0 Å². The number of fused-ring (bicyclic) bond motifs is 1. The van der Waals surface area contributed by atoms with Gasteiger partial charge in [0, 0.05) is 17.8 Å². The number of amides is 1. The van der Waals surface area contributed by atoms with Gasteiger partial charge in [0.25, 0.3) is 0 Å². The monoisotopic (exact) mass is 327 g/mol. The molecule has 3 rings (SSSR count). The fourth-order valence-corrected chi connectivity index (χ4v) is 2.15. The molecular formula is C16H13N3O5. The summed E-state index contributed by atoms with van der Waals surface area (Å²) in [6, 6.07) is 5.49. The van der Waals surface area contributed by atoms with E-state index in [1.54, 1.807) is 6.92 Å². The van der Waals surface area contributed by atoms with Crippen LogP contribution in [0.25, 0.3) is 22.4 Å². The van der Waals surface area contributed by atoms with Crippen LogP contribution in [-0.4, -0.2) is 27.8 Å². The first kappa shape index (κ1) is 15.5. The second-order valence-corrected chi connectivity index (χ2v) is 4.79. The number of carbonyl (C=O) groups is 1. The van der Waals surface area contributed by atoms with Crippen LogP contribution in [0.4, 0.5) is 10.5 Å². The lowest BCUT2D eigenvalue weighted by Gasteiger charge is -2.11. The van der Waals surface area contributed by atoms with Gasteiger partial charge in [0.05, 0.1) is 12.3 Å². The maximum absolute atomic E-state index is 12.2. The quantitative estimate of drug-likeness (QED) is 0.710. The highest BCUT2D eigenvalue weighted by molar-refractivity contribution is 5.91. The van der Waals surface area contributed by atoms with E-state index in [-0.39, 0.29) is 34.6 Å². The third-order valence-corrected chi connectivity index (χ3v) is 3.19. The van der Waals surface area contributed by atoms with Crippen molar-refractivity contribution in [2.75, 3.05) is 11.9 Å². The van der Waals surface area contributed by atoms with Crippen molar-refractivity contribution in [2.24, 2.45) is 0 Å². The van der Waals surface area contributed by atoms with Gasteiger partial charge in [-0.2, -0.15) is 0 Å². The largest absolute Gasteiger partial charge is 0.508 e. The molecule has 24 heavy (non-hydrogen) atoms. The van der Waals surface area contributed by atoms with E-state index in [1.807, 2.05) is 0 Å². The summed E-state index contributed by atoms with van der Waals surface area (Å²) in [5, 5.41) is 12.5. The minimum Gasteiger partial charge on any atom is -0.508 e. The Bertz CT molecular complexity index is 967. The van der Waals surface area contributed by atoms with Gasteiger partial charge in [-0.05, 0) is 25.1 Å². The molecule has 0 bridgehead atoms. The molecule has 0 spiro atoms. The third kappa shape index (κ3) is 3.02. The van der Waals surface area contributed by atoms with E-state index in [0.717, 1.165) is 0 Å². The van der Waals surface area contributed by atoms with Crippen molar-refractivity contribution in [1.82, 2.24) is 9.97 Å². The zero-order valence-corrected chi connectivity index (χ0v) is 12.6. The van der Waals surface area contributed by atoms with E-state index in [0.29, 0.717) is 11.3 Å². The molecule has 0 atom stereocenters. The number of aromatic hydroxyl groups is 1. The molecule has 0 radical (unpaired) electrons. The van der Waals surface area contributed by atoms with Crippen LogP contribution in [0.5, 0.6) is 5.75 Å². The smallest absolute Gasteiger partial charge is 0.411 e. The fraction of sp³-hybridized carbons (Fsp3) is 0.125. The summed E-state index contributed by atoms with van der Waals surface area (Å²) < 4.78 is 10.4. The molecule has 2 heterocycles. The summed E-state index contributed by atoms with van der Waals surface area (Å²) >= 11 is 0. The third-order valence-electron chi connectivity index (χ3n) is 3.19. The molecule has 0 aliphatic rings. The van der Waals surface area contributed by atoms with Crippen molar-refractivity contribution >= 4 is 22.9 Å². The number of nitrogens with one attached hydrogen (secondary N) is 1. The second-order valence-electron chi connectivity index (χ2n) is 4.79. The number of benzene rings is 1. The molecule has 0 saturated carbocycles. The van der Waals surface area contributed by atoms with E-state index in [2.05, 4.69) is 15.3 Å². The molecule has 3 aromatic rings. The molecule has 0 aliphatic heterocycles. The van der Waals surface area contributed by atoms with Gasteiger partial charge in [-0.1, -0.05) is 0 Å². The van der Waals surface area contributed by atoms with E-state index in [1.165, 1.54) is 36.8 Å². The number of phenols is 1. The number of carbonyl (C=O) groups excluding carboxylic acids is 1. The van der Waals surface area contributed by atoms with Gasteiger partial charge in [0.1, 0.15) is 23.2 Å². The minimum atomic E-state index is -0.657. The predicted molar refractivity (Wildman–Crippen MR) is 85.8 cm³/mol. The molecule has 8 nitrogen and oxygen atoms in total. The molecule has 2 N–H and O–H groups in total. The SMILES string of the molecule is CCOC(=O)Nc1ccc(O)cc1-c1cc(=O)c2cncnc2o1.